The number of hydrogen-bond donors (Lipinski definition) is 3. The fraction of sp³-hybridized carbons (Fsp3) is 0.458. The first kappa shape index (κ1) is 21.2. The average molecular weight is 422 g/mol. The van der Waals surface area contributed by atoms with Gasteiger partial charge in [0.25, 0.3) is 0 Å². The highest BCUT2D eigenvalue weighted by Crippen LogP contribution is 2.31. The van der Waals surface area contributed by atoms with Crippen molar-refractivity contribution in [3.63, 3.8) is 0 Å². The van der Waals surface area contributed by atoms with Gasteiger partial charge in [0.1, 0.15) is 6.10 Å². The molecule has 7 nitrogen and oxygen atoms in total. The number of carbonyl (C=O) groups is 1. The Morgan fingerprint density at radius 3 is 2.81 bits per heavy atom. The van der Waals surface area contributed by atoms with Crippen LogP contribution in [0.2, 0.25) is 0 Å². The number of rotatable bonds is 7. The summed E-state index contributed by atoms with van der Waals surface area (Å²) in [5.41, 5.74) is 3.09. The fourth-order valence-electron chi connectivity index (χ4n) is 4.17. The number of carbonyl (C=O) groups excluding carboxylic acids is 1. The third kappa shape index (κ3) is 5.75. The highest BCUT2D eigenvalue weighted by atomic mass is 16.5. The van der Waals surface area contributed by atoms with E-state index in [1.807, 2.05) is 43.5 Å². The van der Waals surface area contributed by atoms with Crippen molar-refractivity contribution in [2.75, 3.05) is 18.4 Å². The molecule has 0 radical (unpaired) electrons. The van der Waals surface area contributed by atoms with Crippen LogP contribution in [-0.2, 0) is 11.3 Å². The molecule has 4 rings (SSSR count). The van der Waals surface area contributed by atoms with Gasteiger partial charge < -0.3 is 20.7 Å². The van der Waals surface area contributed by atoms with Crippen LogP contribution in [0.5, 0.6) is 5.88 Å². The van der Waals surface area contributed by atoms with E-state index in [4.69, 9.17) is 4.74 Å². The Labute approximate surface area is 183 Å². The van der Waals surface area contributed by atoms with Crippen LogP contribution in [0.1, 0.15) is 56.1 Å². The SMILES string of the molecule is CCNC(=NCc1ccc(OC2CCCC2)nc1)NCC1CC(=O)Nc2ccccc21. The molecule has 0 spiro atoms. The number of para-hydroxylation sites is 1. The predicted molar refractivity (Wildman–Crippen MR) is 122 cm³/mol. The van der Waals surface area contributed by atoms with Crippen LogP contribution in [-0.4, -0.2) is 36.0 Å². The van der Waals surface area contributed by atoms with Gasteiger partial charge in [-0.2, -0.15) is 0 Å². The molecule has 1 fully saturated rings. The summed E-state index contributed by atoms with van der Waals surface area (Å²) in [7, 11) is 0. The molecule has 1 amide bonds. The van der Waals surface area contributed by atoms with Crippen LogP contribution in [0.3, 0.4) is 0 Å². The number of guanidine groups is 1. The minimum absolute atomic E-state index is 0.0541. The zero-order valence-electron chi connectivity index (χ0n) is 18.1. The van der Waals surface area contributed by atoms with Gasteiger partial charge >= 0.3 is 0 Å². The number of ether oxygens (including phenoxy) is 1. The molecule has 2 aliphatic rings. The van der Waals surface area contributed by atoms with Gasteiger partial charge in [-0.3, -0.25) is 4.79 Å². The van der Waals surface area contributed by atoms with E-state index in [2.05, 4.69) is 32.0 Å². The highest BCUT2D eigenvalue weighted by molar-refractivity contribution is 5.94. The van der Waals surface area contributed by atoms with Gasteiger partial charge in [0.15, 0.2) is 5.96 Å². The maximum atomic E-state index is 12.1. The van der Waals surface area contributed by atoms with Gasteiger partial charge in [-0.15, -0.1) is 0 Å². The monoisotopic (exact) mass is 421 g/mol. The van der Waals surface area contributed by atoms with Crippen LogP contribution in [0.15, 0.2) is 47.6 Å². The molecule has 1 aromatic heterocycles. The predicted octanol–water partition coefficient (Wildman–Crippen LogP) is 3.58. The number of benzene rings is 1. The second kappa shape index (κ2) is 10.3. The molecule has 1 aromatic carbocycles. The number of pyridine rings is 1. The van der Waals surface area contributed by atoms with E-state index in [0.717, 1.165) is 42.2 Å². The van der Waals surface area contributed by atoms with Gasteiger partial charge in [0, 0.05) is 43.4 Å². The van der Waals surface area contributed by atoms with E-state index in [1.54, 1.807) is 0 Å². The van der Waals surface area contributed by atoms with Crippen LogP contribution in [0.25, 0.3) is 0 Å². The Morgan fingerprint density at radius 1 is 1.19 bits per heavy atom. The van der Waals surface area contributed by atoms with Crippen molar-refractivity contribution in [1.29, 1.82) is 0 Å². The number of fused-ring (bicyclic) bond motifs is 1. The van der Waals surface area contributed by atoms with Crippen LogP contribution < -0.4 is 20.7 Å². The summed E-state index contributed by atoms with van der Waals surface area (Å²) in [5, 5.41) is 9.62. The van der Waals surface area contributed by atoms with Crippen molar-refractivity contribution < 1.29 is 9.53 Å². The summed E-state index contributed by atoms with van der Waals surface area (Å²) in [6.45, 7) is 3.97. The minimum atomic E-state index is 0.0541. The zero-order valence-corrected chi connectivity index (χ0v) is 18.1. The fourth-order valence-corrected chi connectivity index (χ4v) is 4.17. The lowest BCUT2D eigenvalue weighted by Gasteiger charge is -2.26. The molecule has 0 bridgehead atoms. The van der Waals surface area contributed by atoms with Gasteiger partial charge in [0.2, 0.25) is 11.8 Å². The molecule has 1 saturated carbocycles. The largest absolute Gasteiger partial charge is 0.474 e. The number of anilines is 1. The van der Waals surface area contributed by atoms with E-state index in [0.29, 0.717) is 31.5 Å². The summed E-state index contributed by atoms with van der Waals surface area (Å²) < 4.78 is 5.93. The number of nitrogens with zero attached hydrogens (tertiary/aromatic N) is 2. The summed E-state index contributed by atoms with van der Waals surface area (Å²) in [6.07, 6.45) is 7.35. The molecular weight excluding hydrogens is 390 g/mol. The Kier molecular flexibility index (Phi) is 7.02. The van der Waals surface area contributed by atoms with E-state index < -0.39 is 0 Å². The maximum absolute atomic E-state index is 12.1. The van der Waals surface area contributed by atoms with Crippen molar-refractivity contribution >= 4 is 17.6 Å². The third-order valence-corrected chi connectivity index (χ3v) is 5.77. The Balaban J connectivity index is 1.34. The number of aromatic nitrogens is 1. The van der Waals surface area contributed by atoms with Gasteiger partial charge in [-0.05, 0) is 49.8 Å². The van der Waals surface area contributed by atoms with E-state index in [-0.39, 0.29) is 11.8 Å². The first-order chi connectivity index (χ1) is 15.2. The zero-order chi connectivity index (χ0) is 21.5. The van der Waals surface area contributed by atoms with Crippen LogP contribution in [0.4, 0.5) is 5.69 Å². The van der Waals surface area contributed by atoms with Crippen molar-refractivity contribution in [1.82, 2.24) is 15.6 Å². The topological polar surface area (TPSA) is 87.6 Å². The summed E-state index contributed by atoms with van der Waals surface area (Å²) in [5.74, 6) is 1.59. The molecular formula is C24H31N5O2. The molecule has 31 heavy (non-hydrogen) atoms. The Hall–Kier alpha value is -3.09. The number of nitrogens with one attached hydrogen (secondary N) is 3. The normalized spacial score (nSPS) is 18.9. The molecule has 7 heteroatoms. The Morgan fingerprint density at radius 2 is 2.03 bits per heavy atom. The quantitative estimate of drug-likeness (QED) is 0.470. The van der Waals surface area contributed by atoms with Crippen molar-refractivity contribution in [3.05, 3.63) is 53.7 Å². The molecule has 1 aliphatic carbocycles. The first-order valence-corrected chi connectivity index (χ1v) is 11.2. The van der Waals surface area contributed by atoms with E-state index >= 15 is 0 Å². The summed E-state index contributed by atoms with van der Waals surface area (Å²) in [4.78, 5) is 21.2. The van der Waals surface area contributed by atoms with E-state index in [9.17, 15) is 4.79 Å². The van der Waals surface area contributed by atoms with Gasteiger partial charge in [0.05, 0.1) is 6.54 Å². The van der Waals surface area contributed by atoms with Crippen LogP contribution in [0, 0.1) is 0 Å². The standard InChI is InChI=1S/C24H31N5O2/c1-2-25-24(28-16-18-13-22(30)29-21-10-6-5-9-20(18)21)27-15-17-11-12-23(26-14-17)31-19-7-3-4-8-19/h5-6,9-12,14,18-19H,2-4,7-8,13,15-16H2,1H3,(H,29,30)(H2,25,27,28). The molecule has 2 heterocycles. The molecule has 0 saturated heterocycles. The van der Waals surface area contributed by atoms with Gasteiger partial charge in [-0.1, -0.05) is 24.3 Å². The molecule has 3 N–H and O–H groups in total. The number of aliphatic imine (C=N–C) groups is 1. The second-order valence-electron chi connectivity index (χ2n) is 8.14. The Bertz CT molecular complexity index is 906. The minimum Gasteiger partial charge on any atom is -0.474 e. The van der Waals surface area contributed by atoms with Crippen molar-refractivity contribution in [3.8, 4) is 5.88 Å². The lowest BCUT2D eigenvalue weighted by molar-refractivity contribution is -0.116. The summed E-state index contributed by atoms with van der Waals surface area (Å²) in [6, 6.07) is 11.9. The molecule has 1 aliphatic heterocycles. The number of hydrogen-bond acceptors (Lipinski definition) is 4. The lowest BCUT2D eigenvalue weighted by Crippen LogP contribution is -2.40. The van der Waals surface area contributed by atoms with Crippen LogP contribution >= 0.6 is 0 Å². The molecule has 1 unspecified atom stereocenters. The van der Waals surface area contributed by atoms with E-state index in [1.165, 1.54) is 12.8 Å². The molecule has 2 aromatic rings. The highest BCUT2D eigenvalue weighted by Gasteiger charge is 2.24. The summed E-state index contributed by atoms with van der Waals surface area (Å²) >= 11 is 0. The average Bonchev–Trinajstić information content (AvgIpc) is 3.29. The molecule has 164 valence electrons. The first-order valence-electron chi connectivity index (χ1n) is 11.2. The van der Waals surface area contributed by atoms with Crippen molar-refractivity contribution in [2.24, 2.45) is 4.99 Å². The third-order valence-electron chi connectivity index (χ3n) is 5.77. The smallest absolute Gasteiger partial charge is 0.225 e. The number of amides is 1. The maximum Gasteiger partial charge on any atom is 0.225 e. The van der Waals surface area contributed by atoms with Gasteiger partial charge in [-0.25, -0.2) is 9.98 Å². The second-order valence-corrected chi connectivity index (χ2v) is 8.14. The lowest BCUT2D eigenvalue weighted by atomic mass is 9.90. The van der Waals surface area contributed by atoms with Crippen molar-refractivity contribution in [2.45, 2.75) is 57.6 Å². The molecule has 1 atom stereocenters.